The van der Waals surface area contributed by atoms with E-state index in [4.69, 9.17) is 9.47 Å². The molecule has 0 unspecified atom stereocenters. The van der Waals surface area contributed by atoms with E-state index < -0.39 is 0 Å². The molecule has 3 aliphatic heterocycles. The van der Waals surface area contributed by atoms with E-state index in [9.17, 15) is 9.59 Å². The fourth-order valence-electron chi connectivity index (χ4n) is 4.47. The quantitative estimate of drug-likeness (QED) is 0.403. The molecule has 1 amide bonds. The largest absolute Gasteiger partial charge is 0.455 e. The average molecular weight is 360 g/mol. The molecule has 0 radical (unpaired) electrons. The normalized spacial score (nSPS) is 38.2. The molecule has 6 heteroatoms. The Balaban J connectivity index is 1.52. The van der Waals surface area contributed by atoms with Crippen molar-refractivity contribution in [3.05, 3.63) is 23.8 Å². The van der Waals surface area contributed by atoms with E-state index in [1.807, 2.05) is 4.90 Å². The molecule has 0 bridgehead atoms. The fourth-order valence-corrected chi connectivity index (χ4v) is 4.47. The fraction of sp³-hybridized carbons (Fsp3) is 0.700. The van der Waals surface area contributed by atoms with Crippen molar-refractivity contribution in [3.63, 3.8) is 0 Å². The highest BCUT2D eigenvalue weighted by molar-refractivity contribution is 5.94. The summed E-state index contributed by atoms with van der Waals surface area (Å²) in [6, 6.07) is 0. The average Bonchev–Trinajstić information content (AvgIpc) is 3.21. The van der Waals surface area contributed by atoms with Crippen LogP contribution < -0.4 is 0 Å². The molecular formula is C20H28N2O4. The summed E-state index contributed by atoms with van der Waals surface area (Å²) in [7, 11) is 2.08. The van der Waals surface area contributed by atoms with Gasteiger partial charge in [-0.1, -0.05) is 12.7 Å². The first-order valence-electron chi connectivity index (χ1n) is 9.63. The van der Waals surface area contributed by atoms with Crippen molar-refractivity contribution in [2.75, 3.05) is 33.2 Å². The van der Waals surface area contributed by atoms with Crippen LogP contribution in [0.25, 0.3) is 0 Å². The summed E-state index contributed by atoms with van der Waals surface area (Å²) in [5, 5.41) is 0. The number of likely N-dealkylation sites (N-methyl/N-ethyl adjacent to an activating group) is 1. The number of fused-ring (bicyclic) bond motifs is 3. The van der Waals surface area contributed by atoms with Crippen molar-refractivity contribution in [1.82, 2.24) is 9.80 Å². The van der Waals surface area contributed by atoms with Gasteiger partial charge in [0.15, 0.2) is 0 Å². The van der Waals surface area contributed by atoms with Crippen LogP contribution in [0, 0.1) is 5.92 Å². The van der Waals surface area contributed by atoms with Gasteiger partial charge in [-0.05, 0) is 39.7 Å². The first-order valence-corrected chi connectivity index (χ1v) is 9.63. The summed E-state index contributed by atoms with van der Waals surface area (Å²) in [4.78, 5) is 29.2. The number of epoxide rings is 1. The standard InChI is InChI=1S/C20H28N2O4/c1-13-15-7-6-14(18(23)22-11-9-21(3)10-12-22)5-4-8-20(2)17(26-20)16(15)25-19(13)24/h5,15-17H,1,4,6-12H2,2-3H3/t15-,16-,17-,20+/m0/s1. The Bertz CT molecular complexity index is 665. The van der Waals surface area contributed by atoms with Crippen molar-refractivity contribution >= 4 is 11.9 Å². The lowest BCUT2D eigenvalue weighted by molar-refractivity contribution is -0.140. The van der Waals surface area contributed by atoms with Crippen LogP contribution >= 0.6 is 0 Å². The molecule has 0 N–H and O–H groups in total. The van der Waals surface area contributed by atoms with Gasteiger partial charge in [-0.3, -0.25) is 4.79 Å². The van der Waals surface area contributed by atoms with Crippen LogP contribution in [0.3, 0.4) is 0 Å². The molecule has 0 spiro atoms. The Morgan fingerprint density at radius 1 is 1.31 bits per heavy atom. The summed E-state index contributed by atoms with van der Waals surface area (Å²) >= 11 is 0. The Hall–Kier alpha value is -1.66. The van der Waals surface area contributed by atoms with E-state index in [-0.39, 0.29) is 35.6 Å². The lowest BCUT2D eigenvalue weighted by atomic mass is 9.83. The number of amides is 1. The molecule has 4 atom stereocenters. The number of esters is 1. The van der Waals surface area contributed by atoms with E-state index in [0.717, 1.165) is 44.6 Å². The summed E-state index contributed by atoms with van der Waals surface area (Å²) in [5.74, 6) is -0.228. The Morgan fingerprint density at radius 3 is 2.77 bits per heavy atom. The number of hydrogen-bond acceptors (Lipinski definition) is 5. The maximum Gasteiger partial charge on any atom is 0.334 e. The number of rotatable bonds is 1. The number of ether oxygens (including phenoxy) is 2. The van der Waals surface area contributed by atoms with Crippen LogP contribution in [0.2, 0.25) is 0 Å². The first kappa shape index (κ1) is 17.7. The van der Waals surface area contributed by atoms with Gasteiger partial charge < -0.3 is 19.3 Å². The summed E-state index contributed by atoms with van der Waals surface area (Å²) in [6.45, 7) is 9.38. The number of hydrogen-bond donors (Lipinski definition) is 0. The maximum atomic E-state index is 13.0. The first-order chi connectivity index (χ1) is 12.4. The van der Waals surface area contributed by atoms with E-state index in [2.05, 4.69) is 31.5 Å². The number of carbonyl (C=O) groups excluding carboxylic acids is 2. The van der Waals surface area contributed by atoms with Gasteiger partial charge in [-0.2, -0.15) is 0 Å². The van der Waals surface area contributed by atoms with Crippen LogP contribution in [0.1, 0.15) is 32.6 Å². The minimum absolute atomic E-state index is 0.0426. The number of carbonyl (C=O) groups is 2. The predicted molar refractivity (Wildman–Crippen MR) is 96.4 cm³/mol. The summed E-state index contributed by atoms with van der Waals surface area (Å²) < 4.78 is 11.5. The van der Waals surface area contributed by atoms with Gasteiger partial charge in [-0.25, -0.2) is 4.79 Å². The second-order valence-corrected chi connectivity index (χ2v) is 8.25. The third-order valence-electron chi connectivity index (χ3n) is 6.41. The minimum atomic E-state index is -0.312. The molecule has 4 rings (SSSR count). The van der Waals surface area contributed by atoms with Crippen molar-refractivity contribution < 1.29 is 19.1 Å². The highest BCUT2D eigenvalue weighted by Gasteiger charge is 2.61. The molecule has 3 saturated heterocycles. The molecule has 0 aromatic heterocycles. The number of allylic oxidation sites excluding steroid dienone is 1. The Morgan fingerprint density at radius 2 is 2.04 bits per heavy atom. The smallest absolute Gasteiger partial charge is 0.334 e. The minimum Gasteiger partial charge on any atom is -0.455 e. The van der Waals surface area contributed by atoms with Gasteiger partial charge in [0.05, 0.1) is 5.60 Å². The van der Waals surface area contributed by atoms with Gasteiger partial charge in [0.25, 0.3) is 0 Å². The van der Waals surface area contributed by atoms with Crippen LogP contribution in [-0.2, 0) is 19.1 Å². The summed E-state index contributed by atoms with van der Waals surface area (Å²) in [6.07, 6.45) is 4.81. The number of piperazine rings is 1. The topological polar surface area (TPSA) is 62.4 Å². The highest BCUT2D eigenvalue weighted by atomic mass is 16.6. The van der Waals surface area contributed by atoms with E-state index in [1.165, 1.54) is 0 Å². The van der Waals surface area contributed by atoms with Crippen molar-refractivity contribution in [2.45, 2.75) is 50.4 Å². The second kappa shape index (κ2) is 6.50. The van der Waals surface area contributed by atoms with Gasteiger partial charge in [0, 0.05) is 43.2 Å². The van der Waals surface area contributed by atoms with Crippen molar-refractivity contribution in [2.24, 2.45) is 5.92 Å². The molecule has 0 aromatic rings. The van der Waals surface area contributed by atoms with Crippen molar-refractivity contribution in [3.8, 4) is 0 Å². The van der Waals surface area contributed by atoms with Crippen LogP contribution in [0.4, 0.5) is 0 Å². The van der Waals surface area contributed by atoms with Crippen molar-refractivity contribution in [1.29, 1.82) is 0 Å². The zero-order valence-electron chi connectivity index (χ0n) is 15.7. The van der Waals surface area contributed by atoms with Crippen LogP contribution in [0.15, 0.2) is 23.8 Å². The van der Waals surface area contributed by atoms with Crippen LogP contribution in [-0.4, -0.2) is 72.7 Å². The molecule has 3 heterocycles. The molecular weight excluding hydrogens is 332 g/mol. The monoisotopic (exact) mass is 360 g/mol. The van der Waals surface area contributed by atoms with E-state index in [1.54, 1.807) is 0 Å². The molecule has 26 heavy (non-hydrogen) atoms. The molecule has 0 aromatic carbocycles. The Kier molecular flexibility index (Phi) is 4.43. The lowest BCUT2D eigenvalue weighted by Gasteiger charge is -2.33. The van der Waals surface area contributed by atoms with E-state index >= 15 is 0 Å². The SMILES string of the molecule is C=C1C(=O)O[C@H]2[C@H]1CCC(C(=O)N1CCN(C)CC1)=CCC[C@@]1(C)O[C@@H]21. The second-order valence-electron chi connectivity index (χ2n) is 8.25. The third-order valence-corrected chi connectivity index (χ3v) is 6.41. The molecule has 3 fully saturated rings. The van der Waals surface area contributed by atoms with Gasteiger partial charge in [0.2, 0.25) is 5.91 Å². The number of nitrogens with zero attached hydrogens (tertiary/aromatic N) is 2. The zero-order valence-corrected chi connectivity index (χ0v) is 15.7. The third kappa shape index (κ3) is 3.09. The molecule has 6 nitrogen and oxygen atoms in total. The Labute approximate surface area is 154 Å². The van der Waals surface area contributed by atoms with Gasteiger partial charge in [-0.15, -0.1) is 0 Å². The molecule has 142 valence electrons. The van der Waals surface area contributed by atoms with Crippen LogP contribution in [0.5, 0.6) is 0 Å². The highest BCUT2D eigenvalue weighted by Crippen LogP contribution is 2.49. The predicted octanol–water partition coefficient (Wildman–Crippen LogP) is 1.52. The molecule has 1 aliphatic carbocycles. The van der Waals surface area contributed by atoms with E-state index in [0.29, 0.717) is 18.4 Å². The van der Waals surface area contributed by atoms with Gasteiger partial charge in [0.1, 0.15) is 12.2 Å². The molecule has 0 saturated carbocycles. The van der Waals surface area contributed by atoms with Gasteiger partial charge >= 0.3 is 5.97 Å². The maximum absolute atomic E-state index is 13.0. The lowest BCUT2D eigenvalue weighted by Crippen LogP contribution is -2.47. The summed E-state index contributed by atoms with van der Waals surface area (Å²) in [5.41, 5.74) is 1.13. The molecule has 4 aliphatic rings. The zero-order chi connectivity index (χ0) is 18.5.